The lowest BCUT2D eigenvalue weighted by Gasteiger charge is -2.17. The molecule has 0 aliphatic carbocycles. The van der Waals surface area contributed by atoms with Crippen molar-refractivity contribution in [2.45, 2.75) is 47.5 Å². The Balaban J connectivity index is 4.23. The minimum Gasteiger partial charge on any atom is -0.465 e. The number of ether oxygens (including phenoxy) is 1. The van der Waals surface area contributed by atoms with E-state index in [1.807, 2.05) is 20.8 Å². The summed E-state index contributed by atoms with van der Waals surface area (Å²) in [5.74, 6) is 0.123. The van der Waals surface area contributed by atoms with Gasteiger partial charge in [-0.25, -0.2) is 0 Å². The summed E-state index contributed by atoms with van der Waals surface area (Å²) in [4.78, 5) is 11.6. The first-order valence-corrected chi connectivity index (χ1v) is 6.33. The van der Waals surface area contributed by atoms with Gasteiger partial charge in [0.15, 0.2) is 0 Å². The summed E-state index contributed by atoms with van der Waals surface area (Å²) in [6, 6.07) is 0. The fourth-order valence-electron chi connectivity index (χ4n) is 1.28. The van der Waals surface area contributed by atoms with E-state index in [1.54, 1.807) is 0 Å². The molecule has 0 N–H and O–H groups in total. The van der Waals surface area contributed by atoms with Crippen LogP contribution in [0.5, 0.6) is 0 Å². The number of hydrogen-bond donors (Lipinski definition) is 0. The van der Waals surface area contributed by atoms with Crippen molar-refractivity contribution in [2.75, 3.05) is 6.61 Å². The molecule has 0 aliphatic heterocycles. The molecule has 2 atom stereocenters. The molecule has 0 saturated heterocycles. The van der Waals surface area contributed by atoms with Gasteiger partial charge in [-0.05, 0) is 33.6 Å². The average Bonchev–Trinajstić information content (AvgIpc) is 2.26. The number of carbonyl (C=O) groups is 1. The van der Waals surface area contributed by atoms with E-state index in [9.17, 15) is 4.79 Å². The zero-order valence-electron chi connectivity index (χ0n) is 11.9. The summed E-state index contributed by atoms with van der Waals surface area (Å²) in [6.07, 6.45) is 3.88. The average molecular weight is 238 g/mol. The Kier molecular flexibility index (Phi) is 7.60. The minimum atomic E-state index is -0.101. The topological polar surface area (TPSA) is 26.3 Å². The van der Waals surface area contributed by atoms with Crippen molar-refractivity contribution in [3.8, 4) is 0 Å². The molecule has 1 unspecified atom stereocenters. The highest BCUT2D eigenvalue weighted by atomic mass is 16.5. The van der Waals surface area contributed by atoms with E-state index in [0.29, 0.717) is 6.61 Å². The molecular formula is C15H26O2. The summed E-state index contributed by atoms with van der Waals surface area (Å²) in [7, 11) is 0. The van der Waals surface area contributed by atoms with Gasteiger partial charge >= 0.3 is 5.97 Å². The van der Waals surface area contributed by atoms with Crippen LogP contribution in [0.2, 0.25) is 0 Å². The van der Waals surface area contributed by atoms with Crippen LogP contribution in [0, 0.1) is 11.8 Å². The molecule has 0 spiro atoms. The zero-order chi connectivity index (χ0) is 13.4. The van der Waals surface area contributed by atoms with E-state index in [4.69, 9.17) is 4.74 Å². The van der Waals surface area contributed by atoms with Crippen molar-refractivity contribution in [1.82, 2.24) is 0 Å². The van der Waals surface area contributed by atoms with Crippen LogP contribution in [0.25, 0.3) is 0 Å². The third kappa shape index (κ3) is 6.98. The molecule has 98 valence electrons. The Bertz CT molecular complexity index is 285. The predicted molar refractivity (Wildman–Crippen MR) is 72.8 cm³/mol. The van der Waals surface area contributed by atoms with Crippen molar-refractivity contribution in [2.24, 2.45) is 11.8 Å². The van der Waals surface area contributed by atoms with Crippen molar-refractivity contribution in [3.05, 3.63) is 23.8 Å². The quantitative estimate of drug-likeness (QED) is 0.492. The highest BCUT2D eigenvalue weighted by Gasteiger charge is 2.15. The maximum Gasteiger partial charge on any atom is 0.308 e. The molecular weight excluding hydrogens is 212 g/mol. The summed E-state index contributed by atoms with van der Waals surface area (Å²) in [5, 5.41) is 0. The maximum absolute atomic E-state index is 11.6. The van der Waals surface area contributed by atoms with Gasteiger partial charge in [0, 0.05) is 5.92 Å². The lowest BCUT2D eigenvalue weighted by Crippen LogP contribution is -2.19. The molecule has 2 nitrogen and oxygen atoms in total. The van der Waals surface area contributed by atoms with E-state index < -0.39 is 0 Å². The molecule has 0 heterocycles. The highest BCUT2D eigenvalue weighted by Crippen LogP contribution is 2.16. The summed E-state index contributed by atoms with van der Waals surface area (Å²) < 4.78 is 5.32. The summed E-state index contributed by atoms with van der Waals surface area (Å²) >= 11 is 0. The smallest absolute Gasteiger partial charge is 0.308 e. The second-order valence-corrected chi connectivity index (χ2v) is 5.00. The third-order valence-electron chi connectivity index (χ3n) is 2.95. The van der Waals surface area contributed by atoms with Crippen LogP contribution >= 0.6 is 0 Å². The summed E-state index contributed by atoms with van der Waals surface area (Å²) in [6.45, 7) is 14.4. The summed E-state index contributed by atoms with van der Waals surface area (Å²) in [5.41, 5.74) is 2.35. The largest absolute Gasteiger partial charge is 0.465 e. The van der Waals surface area contributed by atoms with Crippen LogP contribution in [-0.4, -0.2) is 12.6 Å². The molecule has 0 saturated carbocycles. The fourth-order valence-corrected chi connectivity index (χ4v) is 1.28. The number of hydrogen-bond acceptors (Lipinski definition) is 2. The minimum absolute atomic E-state index is 0.00998. The molecule has 0 radical (unpaired) electrons. The van der Waals surface area contributed by atoms with Gasteiger partial charge in [-0.15, -0.1) is 0 Å². The Labute approximate surface area is 106 Å². The van der Waals surface area contributed by atoms with Crippen molar-refractivity contribution >= 4 is 5.97 Å². The Morgan fingerprint density at radius 2 is 1.94 bits per heavy atom. The molecule has 0 aromatic rings. The van der Waals surface area contributed by atoms with Gasteiger partial charge in [0.25, 0.3) is 0 Å². The first-order chi connectivity index (χ1) is 7.88. The van der Waals surface area contributed by atoms with Crippen LogP contribution in [-0.2, 0) is 9.53 Å². The van der Waals surface area contributed by atoms with E-state index in [2.05, 4.69) is 26.5 Å². The van der Waals surface area contributed by atoms with Crippen LogP contribution in [0.4, 0.5) is 0 Å². The second-order valence-electron chi connectivity index (χ2n) is 5.00. The normalized spacial score (nSPS) is 13.7. The third-order valence-corrected chi connectivity index (χ3v) is 2.95. The van der Waals surface area contributed by atoms with Crippen LogP contribution in [0.3, 0.4) is 0 Å². The number of rotatable bonds is 7. The molecule has 0 bridgehead atoms. The van der Waals surface area contributed by atoms with E-state index in [-0.39, 0.29) is 17.8 Å². The van der Waals surface area contributed by atoms with Gasteiger partial charge in [0.2, 0.25) is 0 Å². The van der Waals surface area contributed by atoms with E-state index >= 15 is 0 Å². The van der Waals surface area contributed by atoms with Gasteiger partial charge in [-0.2, -0.15) is 0 Å². The SMILES string of the molecule is C=C(C)[C@@H](CC=C(C)C)COC(=O)C(C)CC. The zero-order valence-corrected chi connectivity index (χ0v) is 11.9. The van der Waals surface area contributed by atoms with Crippen LogP contribution in [0.1, 0.15) is 47.5 Å². The first-order valence-electron chi connectivity index (χ1n) is 6.33. The van der Waals surface area contributed by atoms with E-state index in [1.165, 1.54) is 5.57 Å². The molecule has 0 amide bonds. The lowest BCUT2D eigenvalue weighted by atomic mass is 9.98. The first kappa shape index (κ1) is 16.0. The number of carbonyl (C=O) groups excluding carboxylic acids is 1. The van der Waals surface area contributed by atoms with Crippen molar-refractivity contribution in [3.63, 3.8) is 0 Å². The molecule has 17 heavy (non-hydrogen) atoms. The standard InChI is InChI=1S/C15H26O2/c1-7-13(6)15(16)17-10-14(12(4)5)9-8-11(2)3/h8,13-14H,4,7,9-10H2,1-3,5-6H3/t13?,14-/m0/s1. The molecule has 0 aromatic heterocycles. The Morgan fingerprint density at radius 3 is 2.35 bits per heavy atom. The molecule has 0 rings (SSSR count). The van der Waals surface area contributed by atoms with Crippen molar-refractivity contribution in [1.29, 1.82) is 0 Å². The van der Waals surface area contributed by atoms with Gasteiger partial charge < -0.3 is 4.74 Å². The Hall–Kier alpha value is -1.05. The van der Waals surface area contributed by atoms with Crippen molar-refractivity contribution < 1.29 is 9.53 Å². The molecule has 0 fully saturated rings. The monoisotopic (exact) mass is 238 g/mol. The van der Waals surface area contributed by atoms with Gasteiger partial charge in [-0.1, -0.05) is 37.6 Å². The maximum atomic E-state index is 11.6. The highest BCUT2D eigenvalue weighted by molar-refractivity contribution is 5.71. The van der Waals surface area contributed by atoms with Gasteiger partial charge in [0.1, 0.15) is 0 Å². The second kappa shape index (κ2) is 8.10. The molecule has 2 heteroatoms. The molecule has 0 aromatic carbocycles. The predicted octanol–water partition coefficient (Wildman–Crippen LogP) is 4.12. The fraction of sp³-hybridized carbons (Fsp3) is 0.667. The van der Waals surface area contributed by atoms with Gasteiger partial charge in [0.05, 0.1) is 12.5 Å². The number of esters is 1. The van der Waals surface area contributed by atoms with Gasteiger partial charge in [-0.3, -0.25) is 4.79 Å². The lowest BCUT2D eigenvalue weighted by molar-refractivity contribution is -0.149. The Morgan fingerprint density at radius 1 is 1.35 bits per heavy atom. The van der Waals surface area contributed by atoms with E-state index in [0.717, 1.165) is 18.4 Å². The van der Waals surface area contributed by atoms with Crippen LogP contribution in [0.15, 0.2) is 23.8 Å². The van der Waals surface area contributed by atoms with Crippen LogP contribution < -0.4 is 0 Å². The number of allylic oxidation sites excluding steroid dienone is 2. The molecule has 0 aliphatic rings.